The van der Waals surface area contributed by atoms with Gasteiger partial charge in [0.05, 0.1) is 26.3 Å². The van der Waals surface area contributed by atoms with Gasteiger partial charge in [0.1, 0.15) is 5.75 Å². The molecule has 0 aliphatic heterocycles. The molecule has 0 spiro atoms. The number of rotatable bonds is 3. The summed E-state index contributed by atoms with van der Waals surface area (Å²) in [4.78, 5) is 12.4. The Hall–Kier alpha value is -2.27. The highest BCUT2D eigenvalue weighted by Crippen LogP contribution is 2.33. The number of nitrogens with one attached hydrogen (secondary N) is 1. The summed E-state index contributed by atoms with van der Waals surface area (Å²) in [5.41, 5.74) is 3.54. The molecule has 0 aliphatic carbocycles. The number of fused-ring (bicyclic) bond motifs is 1. The number of phenolic OH excluding ortho intramolecular Hbond substituents is 1. The van der Waals surface area contributed by atoms with E-state index in [0.717, 1.165) is 10.8 Å². The lowest BCUT2D eigenvalue weighted by atomic mass is 10.1. The van der Waals surface area contributed by atoms with Crippen molar-refractivity contribution in [2.75, 3.05) is 0 Å². The zero-order valence-electron chi connectivity index (χ0n) is 13.6. The zero-order chi connectivity index (χ0) is 18.8. The van der Waals surface area contributed by atoms with Crippen molar-refractivity contribution < 1.29 is 9.90 Å². The van der Waals surface area contributed by atoms with Crippen molar-refractivity contribution in [1.82, 2.24) is 5.43 Å². The minimum absolute atomic E-state index is 0.123. The van der Waals surface area contributed by atoms with E-state index < -0.39 is 5.91 Å². The van der Waals surface area contributed by atoms with Gasteiger partial charge in [-0.15, -0.1) is 0 Å². The molecule has 0 fully saturated rings. The van der Waals surface area contributed by atoms with E-state index in [1.807, 2.05) is 24.3 Å². The first-order chi connectivity index (χ1) is 12.4. The lowest BCUT2D eigenvalue weighted by molar-refractivity contribution is 0.0952. The molecule has 2 N–H and O–H groups in total. The lowest BCUT2D eigenvalue weighted by Gasteiger charge is -2.08. The molecule has 0 heterocycles. The smallest absolute Gasteiger partial charge is 0.275 e. The molecule has 132 valence electrons. The van der Waals surface area contributed by atoms with Crippen molar-refractivity contribution in [3.8, 4) is 5.75 Å². The highest BCUT2D eigenvalue weighted by atomic mass is 35.5. The van der Waals surface area contributed by atoms with Gasteiger partial charge in [-0.1, -0.05) is 65.1 Å². The maximum atomic E-state index is 12.4. The molecule has 0 bridgehead atoms. The van der Waals surface area contributed by atoms with Crippen LogP contribution in [0, 0.1) is 0 Å². The van der Waals surface area contributed by atoms with Crippen LogP contribution in [-0.2, 0) is 0 Å². The Morgan fingerprint density at radius 3 is 2.31 bits per heavy atom. The van der Waals surface area contributed by atoms with Crippen LogP contribution in [0.2, 0.25) is 15.1 Å². The predicted molar refractivity (Wildman–Crippen MR) is 107 cm³/mol. The summed E-state index contributed by atoms with van der Waals surface area (Å²) in [6.45, 7) is 1.67. The van der Waals surface area contributed by atoms with Crippen LogP contribution in [-0.4, -0.2) is 16.7 Å². The lowest BCUT2D eigenvalue weighted by Crippen LogP contribution is -2.19. The SMILES string of the molecule is CC(=NNC(=O)c1cc2ccccc2cc1O)c1ccc(Cl)c(Cl)c1Cl. The maximum Gasteiger partial charge on any atom is 0.275 e. The van der Waals surface area contributed by atoms with Gasteiger partial charge in [-0.3, -0.25) is 4.79 Å². The van der Waals surface area contributed by atoms with E-state index in [4.69, 9.17) is 34.8 Å². The Kier molecular flexibility index (Phi) is 5.37. The number of hydrazone groups is 1. The van der Waals surface area contributed by atoms with Gasteiger partial charge in [-0.2, -0.15) is 5.10 Å². The summed E-state index contributed by atoms with van der Waals surface area (Å²) < 4.78 is 0. The van der Waals surface area contributed by atoms with E-state index in [2.05, 4.69) is 10.5 Å². The summed E-state index contributed by atoms with van der Waals surface area (Å²) in [5.74, 6) is -0.662. The second kappa shape index (κ2) is 7.54. The molecule has 0 unspecified atom stereocenters. The van der Waals surface area contributed by atoms with Crippen LogP contribution >= 0.6 is 34.8 Å². The third kappa shape index (κ3) is 3.63. The summed E-state index contributed by atoms with van der Waals surface area (Å²) in [6.07, 6.45) is 0. The average molecular weight is 408 g/mol. The van der Waals surface area contributed by atoms with Crippen molar-refractivity contribution in [2.45, 2.75) is 6.92 Å². The van der Waals surface area contributed by atoms with Gasteiger partial charge in [0, 0.05) is 5.56 Å². The molecule has 0 aliphatic rings. The number of carbonyl (C=O) groups is 1. The largest absolute Gasteiger partial charge is 0.507 e. The number of hydrogen-bond donors (Lipinski definition) is 2. The van der Waals surface area contributed by atoms with E-state index in [1.165, 1.54) is 6.07 Å². The minimum Gasteiger partial charge on any atom is -0.507 e. The van der Waals surface area contributed by atoms with Crippen LogP contribution in [0.25, 0.3) is 10.8 Å². The number of nitrogens with zero attached hydrogens (tertiary/aromatic N) is 1. The number of benzene rings is 3. The average Bonchev–Trinajstić information content (AvgIpc) is 2.63. The van der Waals surface area contributed by atoms with Crippen molar-refractivity contribution in [1.29, 1.82) is 0 Å². The Balaban J connectivity index is 1.87. The standard InChI is InChI=1S/C19H13Cl3N2O2/c1-10(13-6-7-15(20)18(22)17(13)21)23-24-19(26)14-8-11-4-2-3-5-12(11)9-16(14)25/h2-9,25H,1H3,(H,24,26). The molecular weight excluding hydrogens is 395 g/mol. The van der Waals surface area contributed by atoms with E-state index >= 15 is 0 Å². The molecule has 0 atom stereocenters. The third-order valence-corrected chi connectivity index (χ3v) is 5.15. The quantitative estimate of drug-likeness (QED) is 0.334. The fraction of sp³-hybridized carbons (Fsp3) is 0.0526. The molecule has 3 aromatic carbocycles. The molecule has 0 radical (unpaired) electrons. The molecule has 0 saturated carbocycles. The Morgan fingerprint density at radius 2 is 1.62 bits per heavy atom. The molecule has 4 nitrogen and oxygen atoms in total. The summed E-state index contributed by atoms with van der Waals surface area (Å²) in [6, 6.07) is 13.8. The van der Waals surface area contributed by atoms with Gasteiger partial charge in [0.15, 0.2) is 0 Å². The second-order valence-electron chi connectivity index (χ2n) is 5.58. The molecular formula is C19H13Cl3N2O2. The zero-order valence-corrected chi connectivity index (χ0v) is 15.8. The first-order valence-corrected chi connectivity index (χ1v) is 8.72. The molecule has 3 aromatic rings. The van der Waals surface area contributed by atoms with Gasteiger partial charge >= 0.3 is 0 Å². The van der Waals surface area contributed by atoms with E-state index in [1.54, 1.807) is 25.1 Å². The highest BCUT2D eigenvalue weighted by molar-refractivity contribution is 6.49. The first-order valence-electron chi connectivity index (χ1n) is 7.58. The number of aromatic hydroxyl groups is 1. The van der Waals surface area contributed by atoms with Crippen LogP contribution in [0.15, 0.2) is 53.6 Å². The molecule has 26 heavy (non-hydrogen) atoms. The van der Waals surface area contributed by atoms with Crippen molar-refractivity contribution in [3.05, 3.63) is 74.7 Å². The minimum atomic E-state index is -0.538. The van der Waals surface area contributed by atoms with Crippen LogP contribution in [0.1, 0.15) is 22.8 Å². The molecule has 0 aromatic heterocycles. The molecule has 3 rings (SSSR count). The van der Waals surface area contributed by atoms with Crippen molar-refractivity contribution in [2.24, 2.45) is 5.10 Å². The van der Waals surface area contributed by atoms with Gasteiger partial charge < -0.3 is 5.11 Å². The van der Waals surface area contributed by atoms with Crippen LogP contribution in [0.4, 0.5) is 0 Å². The van der Waals surface area contributed by atoms with Crippen LogP contribution in [0.3, 0.4) is 0 Å². The normalized spacial score (nSPS) is 11.6. The predicted octanol–water partition coefficient (Wildman–Crippen LogP) is 5.66. The summed E-state index contributed by atoms with van der Waals surface area (Å²) in [7, 11) is 0. The fourth-order valence-electron chi connectivity index (χ4n) is 2.47. The van der Waals surface area contributed by atoms with Gasteiger partial charge in [0.2, 0.25) is 0 Å². The monoisotopic (exact) mass is 406 g/mol. The van der Waals surface area contributed by atoms with Gasteiger partial charge in [-0.25, -0.2) is 5.43 Å². The fourth-order valence-corrected chi connectivity index (χ4v) is 3.14. The highest BCUT2D eigenvalue weighted by Gasteiger charge is 2.14. The van der Waals surface area contributed by atoms with Crippen molar-refractivity contribution in [3.63, 3.8) is 0 Å². The number of amides is 1. The third-order valence-electron chi connectivity index (χ3n) is 3.86. The Morgan fingerprint density at radius 1 is 0.962 bits per heavy atom. The van der Waals surface area contributed by atoms with Crippen molar-refractivity contribution >= 4 is 57.2 Å². The number of phenols is 1. The molecule has 1 amide bonds. The van der Waals surface area contributed by atoms with Crippen LogP contribution < -0.4 is 5.43 Å². The molecule has 0 saturated heterocycles. The summed E-state index contributed by atoms with van der Waals surface area (Å²) >= 11 is 18.1. The first kappa shape index (κ1) is 18.5. The second-order valence-corrected chi connectivity index (χ2v) is 6.74. The summed E-state index contributed by atoms with van der Waals surface area (Å²) in [5, 5.41) is 16.6. The van der Waals surface area contributed by atoms with Crippen LogP contribution in [0.5, 0.6) is 5.75 Å². The Labute approximate surface area is 165 Å². The van der Waals surface area contributed by atoms with Gasteiger partial charge in [-0.05, 0) is 35.9 Å². The number of carbonyl (C=O) groups excluding carboxylic acids is 1. The van der Waals surface area contributed by atoms with E-state index in [0.29, 0.717) is 16.3 Å². The molecule has 7 heteroatoms. The maximum absolute atomic E-state index is 12.4. The topological polar surface area (TPSA) is 61.7 Å². The number of halogens is 3. The Bertz CT molecular complexity index is 1050. The number of hydrogen-bond acceptors (Lipinski definition) is 3. The van der Waals surface area contributed by atoms with Gasteiger partial charge in [0.25, 0.3) is 5.91 Å². The van der Waals surface area contributed by atoms with E-state index in [9.17, 15) is 9.90 Å². The van der Waals surface area contributed by atoms with E-state index in [-0.39, 0.29) is 21.4 Å².